The molecule has 2 amide bonds. The zero-order chi connectivity index (χ0) is 15.6. The Morgan fingerprint density at radius 1 is 1.33 bits per heavy atom. The molecule has 1 aliphatic rings. The van der Waals surface area contributed by atoms with E-state index < -0.39 is 24.0 Å². The summed E-state index contributed by atoms with van der Waals surface area (Å²) in [5.41, 5.74) is 0.805. The Labute approximate surface area is 119 Å². The predicted octanol–water partition coefficient (Wildman–Crippen LogP) is 1.81. The van der Waals surface area contributed by atoms with Crippen LogP contribution >= 0.6 is 0 Å². The number of benzene rings is 1. The first-order valence-electron chi connectivity index (χ1n) is 6.22. The van der Waals surface area contributed by atoms with Crippen LogP contribution in [0.5, 0.6) is 0 Å². The summed E-state index contributed by atoms with van der Waals surface area (Å²) in [6.07, 6.45) is -3.56. The van der Waals surface area contributed by atoms with Gasteiger partial charge in [0, 0.05) is 12.2 Å². The lowest BCUT2D eigenvalue weighted by Gasteiger charge is -2.35. The Kier molecular flexibility index (Phi) is 4.02. The number of fused-ring (bicyclic) bond motifs is 1. The smallest absolute Gasteiger partial charge is 0.348 e. The van der Waals surface area contributed by atoms with Crippen molar-refractivity contribution in [2.24, 2.45) is 0 Å². The van der Waals surface area contributed by atoms with Gasteiger partial charge >= 0.3 is 12.1 Å². The summed E-state index contributed by atoms with van der Waals surface area (Å²) in [7, 11) is 0. The van der Waals surface area contributed by atoms with E-state index in [-0.39, 0.29) is 12.2 Å². The molecule has 1 aliphatic heterocycles. The van der Waals surface area contributed by atoms with Gasteiger partial charge in [-0.3, -0.25) is 9.59 Å². The number of carbonyl (C=O) groups excluding carboxylic acids is 2. The summed E-state index contributed by atoms with van der Waals surface area (Å²) in [6.45, 7) is 3.06. The van der Waals surface area contributed by atoms with Gasteiger partial charge in [-0.05, 0) is 24.1 Å². The largest absolute Gasteiger partial charge is 0.471 e. The third-order valence-corrected chi connectivity index (χ3v) is 3.17. The SMILES string of the molecule is C=CC(=O)N[C@H]1Cc2ccccc2N(C(=O)C(F)(F)F)C1. The number of nitrogens with zero attached hydrogens (tertiary/aromatic N) is 1. The van der Waals surface area contributed by atoms with Crippen molar-refractivity contribution in [2.75, 3.05) is 11.4 Å². The normalized spacial score (nSPS) is 17.9. The van der Waals surface area contributed by atoms with Crippen molar-refractivity contribution in [2.45, 2.75) is 18.6 Å². The van der Waals surface area contributed by atoms with Crippen LogP contribution in [0.25, 0.3) is 0 Å². The fraction of sp³-hybridized carbons (Fsp3) is 0.286. The number of anilines is 1. The summed E-state index contributed by atoms with van der Waals surface area (Å²) < 4.78 is 38.1. The number of hydrogen-bond acceptors (Lipinski definition) is 2. The number of halogens is 3. The molecular formula is C14H13F3N2O2. The summed E-state index contributed by atoms with van der Waals surface area (Å²) in [4.78, 5) is 23.5. The van der Waals surface area contributed by atoms with Crippen LogP contribution in [0.15, 0.2) is 36.9 Å². The Hall–Kier alpha value is -2.31. The maximum atomic E-state index is 12.7. The van der Waals surface area contributed by atoms with E-state index in [1.54, 1.807) is 18.2 Å². The lowest BCUT2D eigenvalue weighted by atomic mass is 9.97. The van der Waals surface area contributed by atoms with Crippen molar-refractivity contribution in [3.63, 3.8) is 0 Å². The lowest BCUT2D eigenvalue weighted by Crippen LogP contribution is -2.53. The van der Waals surface area contributed by atoms with Crippen molar-refractivity contribution in [3.05, 3.63) is 42.5 Å². The van der Waals surface area contributed by atoms with Crippen LogP contribution < -0.4 is 10.2 Å². The molecule has 0 unspecified atom stereocenters. The molecule has 0 radical (unpaired) electrons. The van der Waals surface area contributed by atoms with Crippen LogP contribution in [0, 0.1) is 0 Å². The number of amides is 2. The summed E-state index contributed by atoms with van der Waals surface area (Å²) in [6, 6.07) is 5.75. The van der Waals surface area contributed by atoms with Crippen molar-refractivity contribution >= 4 is 17.5 Å². The molecule has 4 nitrogen and oxygen atoms in total. The molecule has 0 aromatic heterocycles. The third kappa shape index (κ3) is 3.24. The highest BCUT2D eigenvalue weighted by atomic mass is 19.4. The van der Waals surface area contributed by atoms with Crippen LogP contribution in [0.3, 0.4) is 0 Å². The third-order valence-electron chi connectivity index (χ3n) is 3.17. The Morgan fingerprint density at radius 2 is 2.00 bits per heavy atom. The van der Waals surface area contributed by atoms with Crippen LogP contribution in [-0.4, -0.2) is 30.6 Å². The molecule has 1 N–H and O–H groups in total. The van der Waals surface area contributed by atoms with Crippen molar-refractivity contribution in [3.8, 4) is 0 Å². The minimum atomic E-state index is -4.96. The summed E-state index contributed by atoms with van der Waals surface area (Å²) in [5.74, 6) is -2.42. The number of hydrogen-bond donors (Lipinski definition) is 1. The molecule has 7 heteroatoms. The molecule has 1 heterocycles. The minimum absolute atomic E-state index is 0.226. The van der Waals surface area contributed by atoms with Gasteiger partial charge in [0.25, 0.3) is 0 Å². The minimum Gasteiger partial charge on any atom is -0.348 e. The van der Waals surface area contributed by atoms with Gasteiger partial charge in [0.2, 0.25) is 5.91 Å². The molecule has 21 heavy (non-hydrogen) atoms. The molecule has 1 aromatic rings. The van der Waals surface area contributed by atoms with E-state index in [1.807, 2.05) is 0 Å². The molecule has 0 fully saturated rings. The highest BCUT2D eigenvalue weighted by molar-refractivity contribution is 5.98. The number of para-hydroxylation sites is 1. The molecular weight excluding hydrogens is 285 g/mol. The lowest BCUT2D eigenvalue weighted by molar-refractivity contribution is -0.170. The fourth-order valence-electron chi connectivity index (χ4n) is 2.30. The summed E-state index contributed by atoms with van der Waals surface area (Å²) in [5, 5.41) is 2.53. The van der Waals surface area contributed by atoms with E-state index in [0.29, 0.717) is 16.9 Å². The molecule has 0 aliphatic carbocycles. The Balaban J connectivity index is 2.32. The number of carbonyl (C=O) groups is 2. The topological polar surface area (TPSA) is 49.4 Å². The number of nitrogens with one attached hydrogen (secondary N) is 1. The van der Waals surface area contributed by atoms with Gasteiger partial charge in [0.1, 0.15) is 0 Å². The Morgan fingerprint density at radius 3 is 2.62 bits per heavy atom. The van der Waals surface area contributed by atoms with Crippen LogP contribution in [0.4, 0.5) is 18.9 Å². The molecule has 1 atom stereocenters. The second kappa shape index (κ2) is 5.59. The maximum Gasteiger partial charge on any atom is 0.471 e. The average molecular weight is 298 g/mol. The maximum absolute atomic E-state index is 12.7. The quantitative estimate of drug-likeness (QED) is 0.847. The van der Waals surface area contributed by atoms with Crippen molar-refractivity contribution < 1.29 is 22.8 Å². The molecule has 1 aromatic carbocycles. The molecule has 0 bridgehead atoms. The van der Waals surface area contributed by atoms with Gasteiger partial charge < -0.3 is 10.2 Å². The van der Waals surface area contributed by atoms with Crippen molar-refractivity contribution in [1.29, 1.82) is 0 Å². The van der Waals surface area contributed by atoms with Crippen LogP contribution in [0.2, 0.25) is 0 Å². The first kappa shape index (κ1) is 15.1. The van der Waals surface area contributed by atoms with E-state index in [2.05, 4.69) is 11.9 Å². The fourth-order valence-corrected chi connectivity index (χ4v) is 2.30. The van der Waals surface area contributed by atoms with Gasteiger partial charge in [-0.1, -0.05) is 24.8 Å². The van der Waals surface area contributed by atoms with Gasteiger partial charge in [0.15, 0.2) is 0 Å². The molecule has 0 spiro atoms. The zero-order valence-corrected chi connectivity index (χ0v) is 11.0. The molecule has 2 rings (SSSR count). The van der Waals surface area contributed by atoms with Gasteiger partial charge in [-0.2, -0.15) is 13.2 Å². The van der Waals surface area contributed by atoms with Crippen LogP contribution in [0.1, 0.15) is 5.56 Å². The van der Waals surface area contributed by atoms with Gasteiger partial charge in [-0.25, -0.2) is 0 Å². The highest BCUT2D eigenvalue weighted by Gasteiger charge is 2.45. The average Bonchev–Trinajstić information content (AvgIpc) is 2.44. The van der Waals surface area contributed by atoms with E-state index >= 15 is 0 Å². The van der Waals surface area contributed by atoms with E-state index in [4.69, 9.17) is 0 Å². The molecule has 0 saturated carbocycles. The number of alkyl halides is 3. The molecule has 0 saturated heterocycles. The summed E-state index contributed by atoms with van der Waals surface area (Å²) >= 11 is 0. The highest BCUT2D eigenvalue weighted by Crippen LogP contribution is 2.30. The molecule has 112 valence electrons. The van der Waals surface area contributed by atoms with E-state index in [0.717, 1.165) is 6.08 Å². The van der Waals surface area contributed by atoms with Crippen molar-refractivity contribution in [1.82, 2.24) is 5.32 Å². The number of rotatable bonds is 2. The van der Waals surface area contributed by atoms with Gasteiger partial charge in [-0.15, -0.1) is 0 Å². The van der Waals surface area contributed by atoms with E-state index in [1.165, 1.54) is 6.07 Å². The Bertz CT molecular complexity index is 584. The predicted molar refractivity (Wildman–Crippen MR) is 70.7 cm³/mol. The first-order valence-corrected chi connectivity index (χ1v) is 6.22. The standard InChI is InChI=1S/C14H13F3N2O2/c1-2-12(20)18-10-7-9-5-3-4-6-11(9)19(8-10)13(21)14(15,16)17/h2-6,10H,1,7-8H2,(H,18,20)/t10-/m0/s1. The monoisotopic (exact) mass is 298 g/mol. The van der Waals surface area contributed by atoms with E-state index in [9.17, 15) is 22.8 Å². The first-order chi connectivity index (χ1) is 9.82. The van der Waals surface area contributed by atoms with Gasteiger partial charge in [0.05, 0.1) is 6.04 Å². The second-order valence-corrected chi connectivity index (χ2v) is 4.66. The second-order valence-electron chi connectivity index (χ2n) is 4.66. The zero-order valence-electron chi connectivity index (χ0n) is 11.0. The van der Waals surface area contributed by atoms with Crippen LogP contribution in [-0.2, 0) is 16.0 Å².